The molecular weight excluding hydrogens is 265 g/mol. The Labute approximate surface area is 126 Å². The minimum atomic E-state index is -0.225. The van der Waals surface area contributed by atoms with Crippen LogP contribution in [0.4, 0.5) is 4.39 Å². The molecule has 0 bridgehead atoms. The second-order valence-corrected chi connectivity index (χ2v) is 5.22. The number of nitrogens with one attached hydrogen (secondary N) is 1. The molecule has 0 heterocycles. The van der Waals surface area contributed by atoms with Crippen LogP contribution >= 0.6 is 0 Å². The molecule has 0 saturated carbocycles. The first-order valence-electron chi connectivity index (χ1n) is 7.31. The Bertz CT molecular complexity index is 580. The van der Waals surface area contributed by atoms with Crippen molar-refractivity contribution in [3.05, 3.63) is 65.0 Å². The Morgan fingerprint density at radius 1 is 1.14 bits per heavy atom. The highest BCUT2D eigenvalue weighted by molar-refractivity contribution is 5.37. The molecule has 1 unspecified atom stereocenters. The van der Waals surface area contributed by atoms with E-state index in [-0.39, 0.29) is 5.82 Å². The smallest absolute Gasteiger partial charge is 0.123 e. The van der Waals surface area contributed by atoms with E-state index in [9.17, 15) is 4.39 Å². The monoisotopic (exact) mass is 287 g/mol. The van der Waals surface area contributed by atoms with Crippen molar-refractivity contribution in [1.82, 2.24) is 5.32 Å². The summed E-state index contributed by atoms with van der Waals surface area (Å²) in [6.07, 6.45) is 0. The summed E-state index contributed by atoms with van der Waals surface area (Å²) in [6.45, 7) is 7.69. The molecule has 0 aromatic heterocycles. The van der Waals surface area contributed by atoms with Crippen LogP contribution in [0.5, 0.6) is 5.75 Å². The second kappa shape index (κ2) is 7.23. The lowest BCUT2D eigenvalue weighted by Crippen LogP contribution is -2.17. The van der Waals surface area contributed by atoms with Gasteiger partial charge in [0, 0.05) is 6.04 Å². The van der Waals surface area contributed by atoms with Gasteiger partial charge in [-0.15, -0.1) is 0 Å². The molecule has 0 aliphatic heterocycles. The van der Waals surface area contributed by atoms with E-state index in [2.05, 4.69) is 31.3 Å². The van der Waals surface area contributed by atoms with Crippen molar-refractivity contribution in [2.45, 2.75) is 33.4 Å². The van der Waals surface area contributed by atoms with Gasteiger partial charge in [0.05, 0.1) is 0 Å². The van der Waals surface area contributed by atoms with Crippen LogP contribution in [0.15, 0.2) is 42.5 Å². The molecule has 3 heteroatoms. The fourth-order valence-electron chi connectivity index (χ4n) is 2.27. The zero-order valence-corrected chi connectivity index (χ0v) is 12.8. The van der Waals surface area contributed by atoms with Gasteiger partial charge in [-0.25, -0.2) is 4.39 Å². The van der Waals surface area contributed by atoms with Gasteiger partial charge in [0.1, 0.15) is 18.2 Å². The van der Waals surface area contributed by atoms with E-state index in [1.54, 1.807) is 12.1 Å². The number of benzene rings is 2. The lowest BCUT2D eigenvalue weighted by Gasteiger charge is -2.15. The molecule has 0 saturated heterocycles. The maximum absolute atomic E-state index is 12.9. The maximum Gasteiger partial charge on any atom is 0.123 e. The molecule has 21 heavy (non-hydrogen) atoms. The van der Waals surface area contributed by atoms with Crippen LogP contribution < -0.4 is 10.1 Å². The zero-order chi connectivity index (χ0) is 15.2. The summed E-state index contributed by atoms with van der Waals surface area (Å²) in [7, 11) is 0. The van der Waals surface area contributed by atoms with Crippen molar-refractivity contribution in [1.29, 1.82) is 0 Å². The maximum atomic E-state index is 12.9. The molecular formula is C18H22FNO. The average molecular weight is 287 g/mol. The molecule has 2 rings (SSSR count). The first-order chi connectivity index (χ1) is 10.1. The van der Waals surface area contributed by atoms with Gasteiger partial charge in [0.15, 0.2) is 0 Å². The fourth-order valence-corrected chi connectivity index (χ4v) is 2.27. The molecule has 0 aliphatic carbocycles. The molecule has 0 fully saturated rings. The van der Waals surface area contributed by atoms with Crippen LogP contribution in [0.25, 0.3) is 0 Å². The molecule has 1 N–H and O–H groups in total. The summed E-state index contributed by atoms with van der Waals surface area (Å²) >= 11 is 0. The van der Waals surface area contributed by atoms with Gasteiger partial charge in [-0.3, -0.25) is 0 Å². The first-order valence-corrected chi connectivity index (χ1v) is 7.31. The third-order valence-electron chi connectivity index (χ3n) is 3.52. The zero-order valence-electron chi connectivity index (χ0n) is 12.8. The van der Waals surface area contributed by atoms with Crippen LogP contribution in [0.1, 0.15) is 36.6 Å². The van der Waals surface area contributed by atoms with Gasteiger partial charge in [-0.05, 0) is 55.3 Å². The minimum absolute atomic E-state index is 0.225. The average Bonchev–Trinajstić information content (AvgIpc) is 2.48. The molecule has 2 nitrogen and oxygen atoms in total. The number of hydrogen-bond acceptors (Lipinski definition) is 2. The summed E-state index contributed by atoms with van der Waals surface area (Å²) < 4.78 is 18.7. The van der Waals surface area contributed by atoms with Crippen LogP contribution in [-0.4, -0.2) is 6.54 Å². The fraction of sp³-hybridized carbons (Fsp3) is 0.333. The lowest BCUT2D eigenvalue weighted by atomic mass is 10.1. The van der Waals surface area contributed by atoms with Gasteiger partial charge in [0.25, 0.3) is 0 Å². The molecule has 0 aliphatic rings. The topological polar surface area (TPSA) is 21.3 Å². The van der Waals surface area contributed by atoms with Crippen molar-refractivity contribution in [3.8, 4) is 5.75 Å². The predicted molar refractivity (Wildman–Crippen MR) is 84.0 cm³/mol. The van der Waals surface area contributed by atoms with Crippen molar-refractivity contribution in [3.63, 3.8) is 0 Å². The molecule has 1 atom stereocenters. The molecule has 0 amide bonds. The number of aryl methyl sites for hydroxylation is 1. The first kappa shape index (κ1) is 15.5. The SMILES string of the molecule is CCNC(C)c1ccc(OCc2ccc(F)cc2)c(C)c1. The number of halogens is 1. The Balaban J connectivity index is 2.02. The van der Waals surface area contributed by atoms with E-state index in [1.165, 1.54) is 17.7 Å². The van der Waals surface area contributed by atoms with Gasteiger partial charge in [-0.1, -0.05) is 31.2 Å². The minimum Gasteiger partial charge on any atom is -0.489 e. The van der Waals surface area contributed by atoms with E-state index < -0.39 is 0 Å². The highest BCUT2D eigenvalue weighted by atomic mass is 19.1. The number of hydrogen-bond donors (Lipinski definition) is 1. The predicted octanol–water partition coefficient (Wildman–Crippen LogP) is 4.38. The number of ether oxygens (including phenoxy) is 1. The summed E-state index contributed by atoms with van der Waals surface area (Å²) in [4.78, 5) is 0. The van der Waals surface area contributed by atoms with Gasteiger partial charge in [-0.2, -0.15) is 0 Å². The van der Waals surface area contributed by atoms with Crippen molar-refractivity contribution < 1.29 is 9.13 Å². The summed E-state index contributed by atoms with van der Waals surface area (Å²) in [5.74, 6) is 0.642. The quantitative estimate of drug-likeness (QED) is 0.851. The van der Waals surface area contributed by atoms with Crippen LogP contribution in [0.3, 0.4) is 0 Å². The van der Waals surface area contributed by atoms with Crippen LogP contribution in [0, 0.1) is 12.7 Å². The van der Waals surface area contributed by atoms with E-state index in [0.29, 0.717) is 12.6 Å². The van der Waals surface area contributed by atoms with E-state index >= 15 is 0 Å². The summed E-state index contributed by atoms with van der Waals surface area (Å²) in [5, 5.41) is 3.40. The van der Waals surface area contributed by atoms with Crippen molar-refractivity contribution in [2.24, 2.45) is 0 Å². The second-order valence-electron chi connectivity index (χ2n) is 5.22. The molecule has 112 valence electrons. The lowest BCUT2D eigenvalue weighted by molar-refractivity contribution is 0.304. The normalized spacial score (nSPS) is 12.2. The Morgan fingerprint density at radius 2 is 1.86 bits per heavy atom. The standard InChI is InChI=1S/C18H22FNO/c1-4-20-14(3)16-7-10-18(13(2)11-16)21-12-15-5-8-17(19)9-6-15/h5-11,14,20H,4,12H2,1-3H3. The van der Waals surface area contributed by atoms with Crippen LogP contribution in [-0.2, 0) is 6.61 Å². The van der Waals surface area contributed by atoms with E-state index in [4.69, 9.17) is 4.74 Å². The largest absolute Gasteiger partial charge is 0.489 e. The van der Waals surface area contributed by atoms with E-state index in [1.807, 2.05) is 13.0 Å². The summed E-state index contributed by atoms with van der Waals surface area (Å²) in [6, 6.07) is 13.0. The molecule has 0 radical (unpaired) electrons. The molecule has 2 aromatic carbocycles. The van der Waals surface area contributed by atoms with Crippen molar-refractivity contribution in [2.75, 3.05) is 6.54 Å². The van der Waals surface area contributed by atoms with Crippen molar-refractivity contribution >= 4 is 0 Å². The Kier molecular flexibility index (Phi) is 5.34. The van der Waals surface area contributed by atoms with Crippen LogP contribution in [0.2, 0.25) is 0 Å². The Hall–Kier alpha value is -1.87. The highest BCUT2D eigenvalue weighted by Crippen LogP contribution is 2.23. The van der Waals surface area contributed by atoms with Gasteiger partial charge >= 0.3 is 0 Å². The van der Waals surface area contributed by atoms with Gasteiger partial charge in [0.2, 0.25) is 0 Å². The third-order valence-corrected chi connectivity index (χ3v) is 3.52. The highest BCUT2D eigenvalue weighted by Gasteiger charge is 2.07. The molecule has 2 aromatic rings. The number of rotatable bonds is 6. The molecule has 0 spiro atoms. The van der Waals surface area contributed by atoms with E-state index in [0.717, 1.165) is 23.4 Å². The third kappa shape index (κ3) is 4.30. The summed E-state index contributed by atoms with van der Waals surface area (Å²) in [5.41, 5.74) is 3.32. The Morgan fingerprint density at radius 3 is 2.48 bits per heavy atom. The van der Waals surface area contributed by atoms with Gasteiger partial charge < -0.3 is 10.1 Å².